The van der Waals surface area contributed by atoms with Crippen molar-refractivity contribution >= 4 is 21.6 Å². The smallest absolute Gasteiger partial charge is 0.241 e. The summed E-state index contributed by atoms with van der Waals surface area (Å²) in [5, 5.41) is 0. The number of fused-ring (bicyclic) bond motifs is 1. The summed E-state index contributed by atoms with van der Waals surface area (Å²) in [7, 11) is -1.94. The lowest BCUT2D eigenvalue weighted by molar-refractivity contribution is -0.117. The molecule has 0 saturated heterocycles. The number of carbonyl (C=O) groups excluding carboxylic acids is 1. The Labute approximate surface area is 141 Å². The monoisotopic (exact) mass is 342 g/mol. The molecule has 2 aromatic carbocycles. The molecule has 2 aliphatic rings. The molecule has 0 spiro atoms. The molecule has 0 aromatic heterocycles. The van der Waals surface area contributed by atoms with Crippen LogP contribution in [-0.4, -0.2) is 21.4 Å². The third kappa shape index (κ3) is 2.42. The minimum atomic E-state index is -3.64. The van der Waals surface area contributed by atoms with E-state index in [1.54, 1.807) is 30.1 Å². The van der Waals surface area contributed by atoms with Gasteiger partial charge in [-0.1, -0.05) is 30.3 Å². The molecule has 1 saturated carbocycles. The van der Waals surface area contributed by atoms with Crippen LogP contribution in [0.3, 0.4) is 0 Å². The van der Waals surface area contributed by atoms with Gasteiger partial charge in [0, 0.05) is 12.7 Å². The Morgan fingerprint density at radius 1 is 1.08 bits per heavy atom. The maximum atomic E-state index is 12.8. The topological polar surface area (TPSA) is 66.5 Å². The van der Waals surface area contributed by atoms with Gasteiger partial charge in [-0.3, -0.25) is 4.79 Å². The first-order valence-electron chi connectivity index (χ1n) is 7.90. The van der Waals surface area contributed by atoms with E-state index in [2.05, 4.69) is 4.72 Å². The maximum absolute atomic E-state index is 12.8. The molecule has 0 unspecified atom stereocenters. The number of amides is 1. The Kier molecular flexibility index (Phi) is 3.30. The second-order valence-corrected chi connectivity index (χ2v) is 8.16. The van der Waals surface area contributed by atoms with Crippen LogP contribution in [0, 0.1) is 0 Å². The zero-order valence-corrected chi connectivity index (χ0v) is 14.1. The molecule has 24 heavy (non-hydrogen) atoms. The van der Waals surface area contributed by atoms with E-state index in [1.807, 2.05) is 30.3 Å². The number of rotatable bonds is 4. The van der Waals surface area contributed by atoms with E-state index >= 15 is 0 Å². The van der Waals surface area contributed by atoms with Crippen molar-refractivity contribution in [3.63, 3.8) is 0 Å². The van der Waals surface area contributed by atoms with Crippen molar-refractivity contribution in [2.45, 2.75) is 29.7 Å². The summed E-state index contributed by atoms with van der Waals surface area (Å²) in [6.07, 6.45) is 1.84. The second-order valence-electron chi connectivity index (χ2n) is 6.47. The summed E-state index contributed by atoms with van der Waals surface area (Å²) in [5.41, 5.74) is 2.04. The van der Waals surface area contributed by atoms with Gasteiger partial charge in [0.1, 0.15) is 0 Å². The van der Waals surface area contributed by atoms with Gasteiger partial charge in [0.05, 0.1) is 16.9 Å². The number of benzene rings is 2. The summed E-state index contributed by atoms with van der Waals surface area (Å²) in [6.45, 7) is 0. The van der Waals surface area contributed by atoms with Crippen LogP contribution < -0.4 is 9.62 Å². The SMILES string of the molecule is CN1C(=O)Cc2cc(S(=O)(=O)NC3(c4ccccc4)CC3)ccc21. The number of carbonyl (C=O) groups is 1. The molecule has 0 atom stereocenters. The van der Waals surface area contributed by atoms with Gasteiger partial charge < -0.3 is 4.90 Å². The zero-order chi connectivity index (χ0) is 16.9. The van der Waals surface area contributed by atoms with E-state index in [9.17, 15) is 13.2 Å². The zero-order valence-electron chi connectivity index (χ0n) is 13.3. The molecule has 0 bridgehead atoms. The van der Waals surface area contributed by atoms with Crippen molar-refractivity contribution in [3.8, 4) is 0 Å². The van der Waals surface area contributed by atoms with E-state index in [0.717, 1.165) is 29.7 Å². The predicted octanol–water partition coefficient (Wildman–Crippen LogP) is 2.17. The first-order chi connectivity index (χ1) is 11.4. The van der Waals surface area contributed by atoms with Gasteiger partial charge in [-0.15, -0.1) is 0 Å². The molecule has 1 fully saturated rings. The van der Waals surface area contributed by atoms with Crippen LogP contribution in [0.25, 0.3) is 0 Å². The van der Waals surface area contributed by atoms with Crippen LogP contribution >= 0.6 is 0 Å². The Balaban J connectivity index is 1.65. The molecule has 0 radical (unpaired) electrons. The van der Waals surface area contributed by atoms with Gasteiger partial charge in [0.25, 0.3) is 0 Å². The van der Waals surface area contributed by atoms with Crippen molar-refractivity contribution in [1.29, 1.82) is 0 Å². The number of likely N-dealkylation sites (N-methyl/N-ethyl adjacent to an activating group) is 1. The molecule has 1 aliphatic carbocycles. The lowest BCUT2D eigenvalue weighted by Crippen LogP contribution is -2.34. The predicted molar refractivity (Wildman–Crippen MR) is 91.2 cm³/mol. The number of nitrogens with one attached hydrogen (secondary N) is 1. The van der Waals surface area contributed by atoms with Gasteiger partial charge in [-0.25, -0.2) is 13.1 Å². The van der Waals surface area contributed by atoms with Crippen molar-refractivity contribution in [2.75, 3.05) is 11.9 Å². The van der Waals surface area contributed by atoms with Crippen LogP contribution in [0.2, 0.25) is 0 Å². The van der Waals surface area contributed by atoms with Gasteiger partial charge in [0.2, 0.25) is 15.9 Å². The minimum absolute atomic E-state index is 0.0181. The maximum Gasteiger partial charge on any atom is 0.241 e. The molecule has 1 heterocycles. The lowest BCUT2D eigenvalue weighted by Gasteiger charge is -2.18. The highest BCUT2D eigenvalue weighted by Gasteiger charge is 2.47. The van der Waals surface area contributed by atoms with Crippen LogP contribution in [0.1, 0.15) is 24.0 Å². The van der Waals surface area contributed by atoms with Gasteiger partial charge in [0.15, 0.2) is 0 Å². The van der Waals surface area contributed by atoms with Crippen LogP contribution in [0.5, 0.6) is 0 Å². The number of nitrogens with zero attached hydrogens (tertiary/aromatic N) is 1. The fourth-order valence-electron chi connectivity index (χ4n) is 3.26. The van der Waals surface area contributed by atoms with Crippen LogP contribution in [-0.2, 0) is 26.8 Å². The average Bonchev–Trinajstić information content (AvgIpc) is 3.29. The molecule has 1 N–H and O–H groups in total. The van der Waals surface area contributed by atoms with Crippen LogP contribution in [0.15, 0.2) is 53.4 Å². The summed E-state index contributed by atoms with van der Waals surface area (Å²) in [5.74, 6) is -0.0181. The van der Waals surface area contributed by atoms with Crippen molar-refractivity contribution in [1.82, 2.24) is 4.72 Å². The fourth-order valence-corrected chi connectivity index (χ4v) is 4.76. The quantitative estimate of drug-likeness (QED) is 0.926. The number of anilines is 1. The van der Waals surface area contributed by atoms with E-state index in [1.165, 1.54) is 0 Å². The lowest BCUT2D eigenvalue weighted by atomic mass is 10.1. The highest BCUT2D eigenvalue weighted by molar-refractivity contribution is 7.89. The van der Waals surface area contributed by atoms with E-state index < -0.39 is 15.6 Å². The molecular weight excluding hydrogens is 324 g/mol. The van der Waals surface area contributed by atoms with Gasteiger partial charge in [-0.2, -0.15) is 0 Å². The number of hydrogen-bond donors (Lipinski definition) is 1. The minimum Gasteiger partial charge on any atom is -0.315 e. The standard InChI is InChI=1S/C18H18N2O3S/c1-20-16-8-7-15(11-13(16)12-17(20)21)24(22,23)19-18(9-10-18)14-5-3-2-4-6-14/h2-8,11,19H,9-10,12H2,1H3. The van der Waals surface area contributed by atoms with Crippen molar-refractivity contribution in [2.24, 2.45) is 0 Å². The van der Waals surface area contributed by atoms with E-state index in [4.69, 9.17) is 0 Å². The largest absolute Gasteiger partial charge is 0.315 e. The number of sulfonamides is 1. The second kappa shape index (κ2) is 5.16. The summed E-state index contributed by atoms with van der Waals surface area (Å²) >= 11 is 0. The van der Waals surface area contributed by atoms with E-state index in [-0.39, 0.29) is 17.2 Å². The fraction of sp³-hybridized carbons (Fsp3) is 0.278. The highest BCUT2D eigenvalue weighted by Crippen LogP contribution is 2.46. The molecule has 6 heteroatoms. The Morgan fingerprint density at radius 2 is 1.79 bits per heavy atom. The third-order valence-corrected chi connectivity index (χ3v) is 6.38. The normalized spacial score (nSPS) is 18.5. The summed E-state index contributed by atoms with van der Waals surface area (Å²) < 4.78 is 28.5. The first kappa shape index (κ1) is 15.4. The van der Waals surface area contributed by atoms with Crippen molar-refractivity contribution < 1.29 is 13.2 Å². The summed E-state index contributed by atoms with van der Waals surface area (Å²) in [6, 6.07) is 14.5. The first-order valence-corrected chi connectivity index (χ1v) is 9.39. The molecule has 1 amide bonds. The molecule has 5 nitrogen and oxygen atoms in total. The van der Waals surface area contributed by atoms with Gasteiger partial charge in [-0.05, 0) is 42.2 Å². The average molecular weight is 342 g/mol. The van der Waals surface area contributed by atoms with Crippen molar-refractivity contribution in [3.05, 3.63) is 59.7 Å². The molecule has 1 aliphatic heterocycles. The highest BCUT2D eigenvalue weighted by atomic mass is 32.2. The van der Waals surface area contributed by atoms with Gasteiger partial charge >= 0.3 is 0 Å². The summed E-state index contributed by atoms with van der Waals surface area (Å²) in [4.78, 5) is 13.6. The Bertz CT molecular complexity index is 919. The molecule has 124 valence electrons. The molecular formula is C18H18N2O3S. The Morgan fingerprint density at radius 3 is 2.46 bits per heavy atom. The molecule has 4 rings (SSSR count). The Hall–Kier alpha value is -2.18. The molecule has 2 aromatic rings. The van der Waals surface area contributed by atoms with E-state index in [0.29, 0.717) is 0 Å². The third-order valence-electron chi connectivity index (χ3n) is 4.84. The number of hydrogen-bond acceptors (Lipinski definition) is 3. The van der Waals surface area contributed by atoms with Crippen LogP contribution in [0.4, 0.5) is 5.69 Å².